The van der Waals surface area contributed by atoms with E-state index >= 15 is 0 Å². The zero-order valence-corrected chi connectivity index (χ0v) is 17.3. The molecule has 2 aromatic carbocycles. The van der Waals surface area contributed by atoms with Crippen LogP contribution in [-0.4, -0.2) is 61.2 Å². The zero-order chi connectivity index (χ0) is 21.1. The molecule has 2 aromatic rings. The van der Waals surface area contributed by atoms with Gasteiger partial charge in [0.1, 0.15) is 12.3 Å². The summed E-state index contributed by atoms with van der Waals surface area (Å²) in [4.78, 5) is 32.5. The molecule has 2 aliphatic rings. The summed E-state index contributed by atoms with van der Waals surface area (Å²) in [5.74, 6) is 0.118. The van der Waals surface area contributed by atoms with Crippen LogP contribution in [0.5, 0.6) is 5.75 Å². The highest BCUT2D eigenvalue weighted by Crippen LogP contribution is 2.27. The molecule has 7 nitrogen and oxygen atoms in total. The van der Waals surface area contributed by atoms with E-state index in [0.717, 1.165) is 50.4 Å². The number of benzene rings is 2. The predicted octanol–water partition coefficient (Wildman–Crippen LogP) is 3.29. The molecular formula is C23H28N4O3. The van der Waals surface area contributed by atoms with Crippen molar-refractivity contribution < 1.29 is 14.7 Å². The van der Waals surface area contributed by atoms with Crippen LogP contribution in [0.15, 0.2) is 48.5 Å². The Morgan fingerprint density at radius 1 is 0.800 bits per heavy atom. The van der Waals surface area contributed by atoms with Crippen molar-refractivity contribution in [3.05, 3.63) is 48.5 Å². The van der Waals surface area contributed by atoms with Gasteiger partial charge < -0.3 is 19.8 Å². The Kier molecular flexibility index (Phi) is 5.79. The zero-order valence-electron chi connectivity index (χ0n) is 17.3. The average molecular weight is 409 g/mol. The maximum absolute atomic E-state index is 12.6. The smallest absolute Gasteiger partial charge is 0.331 e. The van der Waals surface area contributed by atoms with Gasteiger partial charge in [0, 0.05) is 44.1 Å². The van der Waals surface area contributed by atoms with Crippen molar-refractivity contribution in [2.75, 3.05) is 54.0 Å². The molecule has 0 spiro atoms. The average Bonchev–Trinajstić information content (AvgIpc) is 3.06. The van der Waals surface area contributed by atoms with Gasteiger partial charge in [-0.25, -0.2) is 9.69 Å². The fourth-order valence-corrected chi connectivity index (χ4v) is 4.03. The Bertz CT molecular complexity index is 890. The van der Waals surface area contributed by atoms with Gasteiger partial charge in [-0.2, -0.15) is 0 Å². The lowest BCUT2D eigenvalue weighted by molar-refractivity contribution is -0.116. The van der Waals surface area contributed by atoms with Gasteiger partial charge in [0.05, 0.1) is 5.69 Å². The van der Waals surface area contributed by atoms with E-state index in [1.54, 1.807) is 17.0 Å². The van der Waals surface area contributed by atoms with Crippen molar-refractivity contribution in [1.82, 2.24) is 4.90 Å². The monoisotopic (exact) mass is 408 g/mol. The number of hydrogen-bond acceptors (Lipinski definition) is 5. The molecule has 4 rings (SSSR count). The Morgan fingerprint density at radius 3 is 1.83 bits per heavy atom. The molecule has 2 heterocycles. The first-order valence-corrected chi connectivity index (χ1v) is 10.6. The van der Waals surface area contributed by atoms with Gasteiger partial charge in [0.2, 0.25) is 0 Å². The number of nitrogens with zero attached hydrogens (tertiary/aromatic N) is 4. The van der Waals surface area contributed by atoms with E-state index in [2.05, 4.69) is 16.7 Å². The number of anilines is 3. The number of piperazine rings is 1. The number of unbranched alkanes of at least 4 members (excludes halogenated alkanes) is 1. The highest BCUT2D eigenvalue weighted by atomic mass is 16.3. The number of phenolic OH excluding ortho intramolecular Hbond substituents is 1. The third kappa shape index (κ3) is 4.06. The molecule has 0 saturated carbocycles. The van der Waals surface area contributed by atoms with E-state index in [-0.39, 0.29) is 24.2 Å². The molecule has 0 unspecified atom stereocenters. The van der Waals surface area contributed by atoms with Gasteiger partial charge >= 0.3 is 6.03 Å². The van der Waals surface area contributed by atoms with E-state index in [1.807, 2.05) is 36.4 Å². The van der Waals surface area contributed by atoms with Crippen molar-refractivity contribution >= 4 is 29.0 Å². The lowest BCUT2D eigenvalue weighted by atomic mass is 10.2. The minimum absolute atomic E-state index is 0.161. The van der Waals surface area contributed by atoms with Crippen LogP contribution in [0.25, 0.3) is 0 Å². The van der Waals surface area contributed by atoms with E-state index < -0.39 is 0 Å². The molecule has 1 N–H and O–H groups in total. The Labute approximate surface area is 177 Å². The second-order valence-corrected chi connectivity index (χ2v) is 7.79. The summed E-state index contributed by atoms with van der Waals surface area (Å²) in [5, 5.41) is 9.46. The van der Waals surface area contributed by atoms with Gasteiger partial charge in [-0.1, -0.05) is 13.3 Å². The van der Waals surface area contributed by atoms with Crippen molar-refractivity contribution in [2.45, 2.75) is 19.8 Å². The van der Waals surface area contributed by atoms with Crippen LogP contribution in [-0.2, 0) is 4.79 Å². The number of aromatic hydroxyl groups is 1. The molecular weight excluding hydrogens is 380 g/mol. The molecule has 0 aromatic heterocycles. The van der Waals surface area contributed by atoms with Crippen LogP contribution in [0.1, 0.15) is 19.8 Å². The Morgan fingerprint density at radius 2 is 1.30 bits per heavy atom. The maximum Gasteiger partial charge on any atom is 0.331 e. The first-order chi connectivity index (χ1) is 14.6. The van der Waals surface area contributed by atoms with Gasteiger partial charge in [-0.05, 0) is 55.0 Å². The topological polar surface area (TPSA) is 67.3 Å². The molecule has 0 radical (unpaired) electrons. The van der Waals surface area contributed by atoms with Crippen LogP contribution < -0.4 is 14.7 Å². The van der Waals surface area contributed by atoms with Crippen LogP contribution in [0.2, 0.25) is 0 Å². The van der Waals surface area contributed by atoms with E-state index in [4.69, 9.17) is 0 Å². The minimum Gasteiger partial charge on any atom is -0.508 e. The highest BCUT2D eigenvalue weighted by Gasteiger charge is 2.36. The van der Waals surface area contributed by atoms with Crippen LogP contribution in [0.3, 0.4) is 0 Å². The molecule has 0 aliphatic carbocycles. The van der Waals surface area contributed by atoms with Crippen molar-refractivity contribution in [1.29, 1.82) is 0 Å². The molecule has 7 heteroatoms. The van der Waals surface area contributed by atoms with E-state index in [9.17, 15) is 14.7 Å². The van der Waals surface area contributed by atoms with Crippen LogP contribution >= 0.6 is 0 Å². The summed E-state index contributed by atoms with van der Waals surface area (Å²) < 4.78 is 0. The lowest BCUT2D eigenvalue weighted by Gasteiger charge is -2.37. The number of amides is 3. The molecule has 0 atom stereocenters. The lowest BCUT2D eigenvalue weighted by Crippen LogP contribution is -2.46. The molecule has 2 fully saturated rings. The van der Waals surface area contributed by atoms with Gasteiger partial charge in [-0.3, -0.25) is 4.79 Å². The third-order valence-corrected chi connectivity index (χ3v) is 5.79. The van der Waals surface area contributed by atoms with Crippen LogP contribution in [0, 0.1) is 0 Å². The summed E-state index contributed by atoms with van der Waals surface area (Å²) >= 11 is 0. The number of carbonyl (C=O) groups excluding carboxylic acids is 2. The third-order valence-electron chi connectivity index (χ3n) is 5.79. The number of hydrogen-bond donors (Lipinski definition) is 1. The number of imide groups is 1. The second kappa shape index (κ2) is 8.65. The maximum atomic E-state index is 12.6. The molecule has 30 heavy (non-hydrogen) atoms. The fraction of sp³-hybridized carbons (Fsp3) is 0.391. The number of phenols is 1. The normalized spacial score (nSPS) is 17.2. The summed E-state index contributed by atoms with van der Waals surface area (Å²) in [6, 6.07) is 14.8. The molecule has 3 amide bonds. The van der Waals surface area contributed by atoms with Crippen molar-refractivity contribution in [3.63, 3.8) is 0 Å². The van der Waals surface area contributed by atoms with Gasteiger partial charge in [0.15, 0.2) is 0 Å². The van der Waals surface area contributed by atoms with Crippen molar-refractivity contribution in [3.8, 4) is 5.75 Å². The highest BCUT2D eigenvalue weighted by molar-refractivity contribution is 6.19. The van der Waals surface area contributed by atoms with Crippen LogP contribution in [0.4, 0.5) is 21.9 Å². The fourth-order valence-electron chi connectivity index (χ4n) is 4.03. The predicted molar refractivity (Wildman–Crippen MR) is 118 cm³/mol. The molecule has 158 valence electrons. The first kappa shape index (κ1) is 20.1. The summed E-state index contributed by atoms with van der Waals surface area (Å²) in [5.41, 5.74) is 2.84. The summed E-state index contributed by atoms with van der Waals surface area (Å²) in [7, 11) is 0. The molecule has 2 aliphatic heterocycles. The first-order valence-electron chi connectivity index (χ1n) is 10.6. The van der Waals surface area contributed by atoms with Gasteiger partial charge in [0.25, 0.3) is 5.91 Å². The number of rotatable bonds is 6. The standard InChI is InChI=1S/C23H28N4O3/c1-2-3-12-26-17-22(29)27(23(26)30)20-6-4-18(5-7-20)24-13-15-25(16-14-24)19-8-10-21(28)11-9-19/h4-11,28H,2-3,12-17H2,1H3. The quantitative estimate of drug-likeness (QED) is 0.743. The number of carbonyl (C=O) groups is 2. The number of urea groups is 1. The molecule has 0 bridgehead atoms. The van der Waals surface area contributed by atoms with Crippen molar-refractivity contribution in [2.24, 2.45) is 0 Å². The minimum atomic E-state index is -0.219. The Balaban J connectivity index is 1.38. The second-order valence-electron chi connectivity index (χ2n) is 7.79. The van der Waals surface area contributed by atoms with Gasteiger partial charge in [-0.15, -0.1) is 0 Å². The summed E-state index contributed by atoms with van der Waals surface area (Å²) in [6.45, 7) is 6.41. The largest absolute Gasteiger partial charge is 0.508 e. The van der Waals surface area contributed by atoms with E-state index in [0.29, 0.717) is 12.2 Å². The summed E-state index contributed by atoms with van der Waals surface area (Å²) in [6.07, 6.45) is 1.90. The molecule has 2 saturated heterocycles. The SMILES string of the molecule is CCCCN1CC(=O)N(c2ccc(N3CCN(c4ccc(O)cc4)CC3)cc2)C1=O. The Hall–Kier alpha value is -3.22. The van der Waals surface area contributed by atoms with E-state index in [1.165, 1.54) is 4.90 Å².